The number of hydrogen-bond acceptors (Lipinski definition) is 2. The number of aryl methyl sites for hydroxylation is 1. The second-order valence-corrected chi connectivity index (χ2v) is 5.34. The molecule has 1 aromatic heterocycles. The molecular weight excluding hydrogens is 325 g/mol. The van der Waals surface area contributed by atoms with Crippen LogP contribution in [0.3, 0.4) is 0 Å². The molecule has 0 aliphatic rings. The van der Waals surface area contributed by atoms with Gasteiger partial charge >= 0.3 is 0 Å². The van der Waals surface area contributed by atoms with Gasteiger partial charge in [0, 0.05) is 4.47 Å². The Bertz CT molecular complexity index is 516. The van der Waals surface area contributed by atoms with Gasteiger partial charge in [0.1, 0.15) is 11.5 Å². The van der Waals surface area contributed by atoms with E-state index >= 15 is 0 Å². The Balaban J connectivity index is 2.14. The Morgan fingerprint density at radius 1 is 1.24 bits per heavy atom. The van der Waals surface area contributed by atoms with Crippen LogP contribution < -0.4 is 5.32 Å². The van der Waals surface area contributed by atoms with Gasteiger partial charge in [-0.15, -0.1) is 0 Å². The first kappa shape index (κ1) is 12.8. The lowest BCUT2D eigenvalue weighted by molar-refractivity contribution is 0.490. The Hall–Kier alpha value is -0.640. The van der Waals surface area contributed by atoms with Crippen molar-refractivity contribution in [3.8, 4) is 0 Å². The molecular formula is C12H10BrCl2NO. The lowest BCUT2D eigenvalue weighted by Crippen LogP contribution is -1.99. The minimum Gasteiger partial charge on any atom is -0.465 e. The summed E-state index contributed by atoms with van der Waals surface area (Å²) in [5.41, 5.74) is 0.714. The first-order valence-corrected chi connectivity index (χ1v) is 6.55. The van der Waals surface area contributed by atoms with Gasteiger partial charge in [0.25, 0.3) is 0 Å². The summed E-state index contributed by atoms with van der Waals surface area (Å²) >= 11 is 15.5. The first-order chi connectivity index (χ1) is 8.06. The van der Waals surface area contributed by atoms with Crippen LogP contribution in [0.15, 0.2) is 33.2 Å². The van der Waals surface area contributed by atoms with Crippen LogP contribution in [0.2, 0.25) is 10.0 Å². The van der Waals surface area contributed by atoms with Crippen molar-refractivity contribution in [1.82, 2.24) is 0 Å². The third-order valence-electron chi connectivity index (χ3n) is 2.24. The Kier molecular flexibility index (Phi) is 4.02. The Morgan fingerprint density at radius 2 is 1.88 bits per heavy atom. The second-order valence-electron chi connectivity index (χ2n) is 3.61. The Labute approximate surface area is 118 Å². The zero-order valence-corrected chi connectivity index (χ0v) is 12.2. The molecule has 0 unspecified atom stereocenters. The predicted molar refractivity (Wildman–Crippen MR) is 74.9 cm³/mol. The van der Waals surface area contributed by atoms with E-state index in [1.165, 1.54) is 0 Å². The van der Waals surface area contributed by atoms with Crippen LogP contribution in [-0.2, 0) is 6.54 Å². The van der Waals surface area contributed by atoms with E-state index in [0.717, 1.165) is 16.0 Å². The minimum atomic E-state index is 0.551. The third-order valence-corrected chi connectivity index (χ3v) is 3.30. The molecule has 2 aromatic rings. The van der Waals surface area contributed by atoms with E-state index in [0.29, 0.717) is 22.3 Å². The van der Waals surface area contributed by atoms with Gasteiger partial charge in [-0.3, -0.25) is 0 Å². The molecule has 1 heterocycles. The summed E-state index contributed by atoms with van der Waals surface area (Å²) < 4.78 is 6.30. The van der Waals surface area contributed by atoms with Crippen LogP contribution in [0.1, 0.15) is 11.5 Å². The molecule has 0 aliphatic carbocycles. The largest absolute Gasteiger partial charge is 0.465 e. The highest BCUT2D eigenvalue weighted by Gasteiger charge is 2.08. The van der Waals surface area contributed by atoms with Crippen LogP contribution in [0, 0.1) is 6.92 Å². The zero-order valence-electron chi connectivity index (χ0n) is 9.06. The van der Waals surface area contributed by atoms with Crippen LogP contribution in [0.4, 0.5) is 5.69 Å². The predicted octanol–water partition coefficient (Wildman–Crippen LogP) is 5.27. The highest BCUT2D eigenvalue weighted by atomic mass is 79.9. The molecule has 17 heavy (non-hydrogen) atoms. The molecule has 0 amide bonds. The molecule has 0 atom stereocenters. The van der Waals surface area contributed by atoms with Gasteiger partial charge in [0.05, 0.1) is 22.3 Å². The highest BCUT2D eigenvalue weighted by molar-refractivity contribution is 9.10. The van der Waals surface area contributed by atoms with Gasteiger partial charge in [-0.25, -0.2) is 0 Å². The molecule has 0 saturated carbocycles. The van der Waals surface area contributed by atoms with Crippen molar-refractivity contribution in [2.24, 2.45) is 0 Å². The minimum absolute atomic E-state index is 0.551. The van der Waals surface area contributed by atoms with Gasteiger partial charge in [0.2, 0.25) is 0 Å². The van der Waals surface area contributed by atoms with Crippen molar-refractivity contribution < 1.29 is 4.42 Å². The van der Waals surface area contributed by atoms with Crippen LogP contribution in [-0.4, -0.2) is 0 Å². The van der Waals surface area contributed by atoms with Gasteiger partial charge in [-0.2, -0.15) is 0 Å². The van der Waals surface area contributed by atoms with Crippen molar-refractivity contribution in [2.45, 2.75) is 13.5 Å². The van der Waals surface area contributed by atoms with Crippen molar-refractivity contribution in [2.75, 3.05) is 5.32 Å². The van der Waals surface area contributed by atoms with Gasteiger partial charge < -0.3 is 9.73 Å². The number of benzene rings is 1. The number of halogens is 3. The average Bonchev–Trinajstić information content (AvgIpc) is 2.62. The average molecular weight is 335 g/mol. The van der Waals surface area contributed by atoms with E-state index in [2.05, 4.69) is 21.2 Å². The third kappa shape index (κ3) is 3.18. The number of hydrogen-bond donors (Lipinski definition) is 1. The standard InChI is InChI=1S/C12H10BrCl2NO/c1-7-2-3-9(17-7)6-16-12-10(14)4-8(13)5-11(12)15/h2-5,16H,6H2,1H3. The maximum Gasteiger partial charge on any atom is 0.123 e. The lowest BCUT2D eigenvalue weighted by atomic mass is 10.3. The van der Waals surface area contributed by atoms with E-state index in [1.54, 1.807) is 12.1 Å². The number of rotatable bonds is 3. The van der Waals surface area contributed by atoms with Crippen LogP contribution in [0.5, 0.6) is 0 Å². The summed E-state index contributed by atoms with van der Waals surface area (Å²) in [4.78, 5) is 0. The van der Waals surface area contributed by atoms with Crippen LogP contribution >= 0.6 is 39.1 Å². The summed E-state index contributed by atoms with van der Waals surface area (Å²) in [6.07, 6.45) is 0. The summed E-state index contributed by atoms with van der Waals surface area (Å²) in [6, 6.07) is 7.43. The molecule has 0 saturated heterocycles. The molecule has 0 radical (unpaired) electrons. The monoisotopic (exact) mass is 333 g/mol. The van der Waals surface area contributed by atoms with Crippen molar-refractivity contribution >= 4 is 44.8 Å². The fourth-order valence-electron chi connectivity index (χ4n) is 1.47. The van der Waals surface area contributed by atoms with E-state index in [9.17, 15) is 0 Å². The van der Waals surface area contributed by atoms with E-state index < -0.39 is 0 Å². The fourth-order valence-corrected chi connectivity index (χ4v) is 2.81. The SMILES string of the molecule is Cc1ccc(CNc2c(Cl)cc(Br)cc2Cl)o1. The molecule has 2 nitrogen and oxygen atoms in total. The van der Waals surface area contributed by atoms with E-state index in [4.69, 9.17) is 27.6 Å². The highest BCUT2D eigenvalue weighted by Crippen LogP contribution is 2.34. The maximum absolute atomic E-state index is 6.10. The van der Waals surface area contributed by atoms with Gasteiger partial charge in [-0.1, -0.05) is 39.1 Å². The van der Waals surface area contributed by atoms with Crippen molar-refractivity contribution in [1.29, 1.82) is 0 Å². The summed E-state index contributed by atoms with van der Waals surface area (Å²) in [5.74, 6) is 1.73. The molecule has 0 aliphatic heterocycles. The fraction of sp³-hybridized carbons (Fsp3) is 0.167. The Morgan fingerprint density at radius 3 is 2.41 bits per heavy atom. The lowest BCUT2D eigenvalue weighted by Gasteiger charge is -2.09. The van der Waals surface area contributed by atoms with E-state index in [1.807, 2.05) is 19.1 Å². The molecule has 0 spiro atoms. The number of anilines is 1. The number of nitrogens with one attached hydrogen (secondary N) is 1. The van der Waals surface area contributed by atoms with Gasteiger partial charge in [0.15, 0.2) is 0 Å². The topological polar surface area (TPSA) is 25.2 Å². The van der Waals surface area contributed by atoms with Crippen LogP contribution in [0.25, 0.3) is 0 Å². The molecule has 0 fully saturated rings. The van der Waals surface area contributed by atoms with Gasteiger partial charge in [-0.05, 0) is 31.2 Å². The van der Waals surface area contributed by atoms with E-state index in [-0.39, 0.29) is 0 Å². The molecule has 90 valence electrons. The zero-order chi connectivity index (χ0) is 12.4. The van der Waals surface area contributed by atoms with Crippen molar-refractivity contribution in [3.05, 3.63) is 50.3 Å². The second kappa shape index (κ2) is 5.34. The molecule has 2 rings (SSSR count). The smallest absolute Gasteiger partial charge is 0.123 e. The quantitative estimate of drug-likeness (QED) is 0.827. The first-order valence-electron chi connectivity index (χ1n) is 5.00. The number of furan rings is 1. The molecule has 1 aromatic carbocycles. The maximum atomic E-state index is 6.10. The molecule has 0 bridgehead atoms. The van der Waals surface area contributed by atoms with Crippen molar-refractivity contribution in [3.63, 3.8) is 0 Å². The molecule has 5 heteroatoms. The summed E-state index contributed by atoms with van der Waals surface area (Å²) in [7, 11) is 0. The molecule has 1 N–H and O–H groups in total. The summed E-state index contributed by atoms with van der Waals surface area (Å²) in [5, 5.41) is 4.31. The summed E-state index contributed by atoms with van der Waals surface area (Å²) in [6.45, 7) is 2.46. The normalized spacial score (nSPS) is 10.6.